The number of aromatic nitrogens is 1. The second kappa shape index (κ2) is 6.72. The number of hydrogen-bond donors (Lipinski definition) is 2. The smallest absolute Gasteiger partial charge is 0.330 e. The minimum atomic E-state index is -1.16. The number of rotatable bonds is 5. The molecule has 5 nitrogen and oxygen atoms in total. The fourth-order valence-electron chi connectivity index (χ4n) is 2.43. The molecule has 0 aliphatic carbocycles. The van der Waals surface area contributed by atoms with Crippen LogP contribution in [0.25, 0.3) is 0 Å². The summed E-state index contributed by atoms with van der Waals surface area (Å²) in [6, 6.07) is 9.90. The third-order valence-corrected chi connectivity index (χ3v) is 5.80. The largest absolute Gasteiger partial charge is 0.479 e. The maximum Gasteiger partial charge on any atom is 0.330 e. The Balaban J connectivity index is 1.70. The van der Waals surface area contributed by atoms with Crippen LogP contribution in [0.5, 0.6) is 0 Å². The van der Waals surface area contributed by atoms with Gasteiger partial charge in [0.2, 0.25) is 0 Å². The highest BCUT2D eigenvalue weighted by Gasteiger charge is 2.43. The van der Waals surface area contributed by atoms with Crippen molar-refractivity contribution in [3.05, 3.63) is 52.0 Å². The van der Waals surface area contributed by atoms with Crippen molar-refractivity contribution in [2.24, 2.45) is 0 Å². The number of carboxylic acids is 1. The van der Waals surface area contributed by atoms with Crippen LogP contribution in [0.3, 0.4) is 0 Å². The molecule has 0 spiro atoms. The maximum absolute atomic E-state index is 12.3. The van der Waals surface area contributed by atoms with Gasteiger partial charge in [0, 0.05) is 17.6 Å². The quantitative estimate of drug-likeness (QED) is 0.867. The summed E-state index contributed by atoms with van der Waals surface area (Å²) in [4.78, 5) is 28.2. The van der Waals surface area contributed by atoms with E-state index in [-0.39, 0.29) is 0 Å². The molecule has 2 N–H and O–H groups in total. The number of carboxylic acid groups (broad SMARTS) is 1. The summed E-state index contributed by atoms with van der Waals surface area (Å²) in [6.45, 7) is 0. The predicted octanol–water partition coefficient (Wildman–Crippen LogP) is 2.42. The highest BCUT2D eigenvalue weighted by atomic mass is 32.2. The molecule has 1 unspecified atom stereocenters. The molecule has 1 aromatic carbocycles. The first kappa shape index (κ1) is 16.0. The van der Waals surface area contributed by atoms with E-state index < -0.39 is 17.4 Å². The number of nitrogens with zero attached hydrogens (tertiary/aromatic N) is 1. The summed E-state index contributed by atoms with van der Waals surface area (Å²) in [6.07, 6.45) is 1.11. The lowest BCUT2D eigenvalue weighted by atomic mass is 9.99. The van der Waals surface area contributed by atoms with E-state index in [1.807, 2.05) is 30.3 Å². The Hall–Kier alpha value is -1.86. The Morgan fingerprint density at radius 2 is 2.09 bits per heavy atom. The predicted molar refractivity (Wildman–Crippen MR) is 91.1 cm³/mol. The van der Waals surface area contributed by atoms with Gasteiger partial charge in [0.15, 0.2) is 0 Å². The maximum atomic E-state index is 12.3. The Morgan fingerprint density at radius 3 is 2.74 bits per heavy atom. The SMILES string of the molecule is O=C(NC1(C(=O)O)CCSC1)c1csc(Cc2ccccc2)n1. The van der Waals surface area contributed by atoms with Crippen LogP contribution in [0.4, 0.5) is 0 Å². The van der Waals surface area contributed by atoms with Crippen molar-refractivity contribution in [2.75, 3.05) is 11.5 Å². The Bertz CT molecular complexity index is 709. The second-order valence-electron chi connectivity index (χ2n) is 5.43. The van der Waals surface area contributed by atoms with Gasteiger partial charge in [-0.05, 0) is 17.7 Å². The summed E-state index contributed by atoms with van der Waals surface area (Å²) >= 11 is 2.95. The fourth-order valence-corrected chi connectivity index (χ4v) is 4.57. The molecule has 7 heteroatoms. The van der Waals surface area contributed by atoms with Crippen LogP contribution in [0.15, 0.2) is 35.7 Å². The van der Waals surface area contributed by atoms with Gasteiger partial charge in [-0.25, -0.2) is 9.78 Å². The van der Waals surface area contributed by atoms with E-state index in [0.717, 1.165) is 16.3 Å². The van der Waals surface area contributed by atoms with Crippen molar-refractivity contribution in [2.45, 2.75) is 18.4 Å². The summed E-state index contributed by atoms with van der Waals surface area (Å²) in [5.41, 5.74) is 0.256. The first-order valence-corrected chi connectivity index (χ1v) is 9.24. The first-order valence-electron chi connectivity index (χ1n) is 7.21. The number of benzene rings is 1. The molecule has 0 bridgehead atoms. The van der Waals surface area contributed by atoms with Gasteiger partial charge < -0.3 is 10.4 Å². The molecule has 1 fully saturated rings. The van der Waals surface area contributed by atoms with E-state index in [9.17, 15) is 14.7 Å². The van der Waals surface area contributed by atoms with E-state index in [2.05, 4.69) is 10.3 Å². The number of thiazole rings is 1. The average Bonchev–Trinajstić information content (AvgIpc) is 3.18. The number of aliphatic carboxylic acids is 1. The summed E-state index contributed by atoms with van der Waals surface area (Å²) < 4.78 is 0. The zero-order valence-corrected chi connectivity index (χ0v) is 14.0. The minimum Gasteiger partial charge on any atom is -0.479 e. The second-order valence-corrected chi connectivity index (χ2v) is 7.48. The highest BCUT2D eigenvalue weighted by molar-refractivity contribution is 7.99. The molecule has 1 amide bonds. The molecular weight excluding hydrogens is 332 g/mol. The normalized spacial score (nSPS) is 20.3. The fraction of sp³-hybridized carbons (Fsp3) is 0.312. The van der Waals surface area contributed by atoms with Crippen LogP contribution in [-0.2, 0) is 11.2 Å². The van der Waals surface area contributed by atoms with Crippen LogP contribution in [-0.4, -0.2) is 39.0 Å². The van der Waals surface area contributed by atoms with Crippen molar-refractivity contribution in [3.63, 3.8) is 0 Å². The lowest BCUT2D eigenvalue weighted by Gasteiger charge is -2.23. The van der Waals surface area contributed by atoms with Crippen LogP contribution in [0.1, 0.15) is 27.5 Å². The number of hydrogen-bond acceptors (Lipinski definition) is 5. The number of thioether (sulfide) groups is 1. The summed E-state index contributed by atoms with van der Waals surface area (Å²) in [5, 5.41) is 14.6. The molecule has 1 aliphatic rings. The topological polar surface area (TPSA) is 79.3 Å². The minimum absolute atomic E-state index is 0.290. The van der Waals surface area contributed by atoms with Crippen LogP contribution in [0, 0.1) is 0 Å². The third kappa shape index (κ3) is 3.56. The summed E-state index contributed by atoms with van der Waals surface area (Å²) in [5.74, 6) is -0.251. The molecule has 3 rings (SSSR count). The Morgan fingerprint density at radius 1 is 1.30 bits per heavy atom. The van der Waals surface area contributed by atoms with Crippen LogP contribution < -0.4 is 5.32 Å². The number of nitrogens with one attached hydrogen (secondary N) is 1. The first-order chi connectivity index (χ1) is 11.1. The molecule has 23 heavy (non-hydrogen) atoms. The Kier molecular flexibility index (Phi) is 4.68. The molecule has 2 aromatic rings. The van der Waals surface area contributed by atoms with Gasteiger partial charge in [0.05, 0.1) is 5.01 Å². The van der Waals surface area contributed by atoms with Crippen molar-refractivity contribution >= 4 is 35.0 Å². The highest BCUT2D eigenvalue weighted by Crippen LogP contribution is 2.28. The molecular formula is C16H16N2O3S2. The van der Waals surface area contributed by atoms with E-state index >= 15 is 0 Å². The van der Waals surface area contributed by atoms with Gasteiger partial charge >= 0.3 is 5.97 Å². The third-order valence-electron chi connectivity index (χ3n) is 3.77. The molecule has 0 radical (unpaired) electrons. The van der Waals surface area contributed by atoms with Gasteiger partial charge in [0.25, 0.3) is 5.91 Å². The molecule has 1 saturated heterocycles. The van der Waals surface area contributed by atoms with Crippen molar-refractivity contribution in [1.29, 1.82) is 0 Å². The van der Waals surface area contributed by atoms with Crippen molar-refractivity contribution in [1.82, 2.24) is 10.3 Å². The molecule has 120 valence electrons. The molecule has 1 atom stereocenters. The zero-order chi connectivity index (χ0) is 16.3. The molecule has 0 saturated carbocycles. The summed E-state index contributed by atoms with van der Waals surface area (Å²) in [7, 11) is 0. The zero-order valence-electron chi connectivity index (χ0n) is 12.3. The van der Waals surface area contributed by atoms with E-state index in [1.54, 1.807) is 17.1 Å². The molecule has 1 aliphatic heterocycles. The lowest BCUT2D eigenvalue weighted by Crippen LogP contribution is -2.54. The lowest BCUT2D eigenvalue weighted by molar-refractivity contribution is -0.143. The number of carbonyl (C=O) groups excluding carboxylic acids is 1. The van der Waals surface area contributed by atoms with Gasteiger partial charge in [-0.3, -0.25) is 4.79 Å². The van der Waals surface area contributed by atoms with E-state index in [4.69, 9.17) is 0 Å². The van der Waals surface area contributed by atoms with Crippen molar-refractivity contribution in [3.8, 4) is 0 Å². The van der Waals surface area contributed by atoms with Gasteiger partial charge in [-0.2, -0.15) is 11.8 Å². The van der Waals surface area contributed by atoms with E-state index in [1.165, 1.54) is 11.3 Å². The van der Waals surface area contributed by atoms with Crippen LogP contribution >= 0.6 is 23.1 Å². The van der Waals surface area contributed by atoms with Crippen molar-refractivity contribution < 1.29 is 14.7 Å². The van der Waals surface area contributed by atoms with Gasteiger partial charge in [-0.15, -0.1) is 11.3 Å². The van der Waals surface area contributed by atoms with Gasteiger partial charge in [-0.1, -0.05) is 30.3 Å². The Labute approximate surface area is 142 Å². The van der Waals surface area contributed by atoms with E-state index in [0.29, 0.717) is 24.3 Å². The van der Waals surface area contributed by atoms with Crippen LogP contribution in [0.2, 0.25) is 0 Å². The monoisotopic (exact) mass is 348 g/mol. The standard InChI is InChI=1S/C16H16N2O3S2/c19-14(18-16(15(20)21)6-7-22-10-16)12-9-23-13(17-12)8-11-4-2-1-3-5-11/h1-5,9H,6-8,10H2,(H,18,19)(H,20,21). The average molecular weight is 348 g/mol. The van der Waals surface area contributed by atoms with Gasteiger partial charge in [0.1, 0.15) is 11.2 Å². The molecule has 2 heterocycles. The number of amides is 1. The number of carbonyl (C=O) groups is 2. The molecule has 1 aromatic heterocycles.